The van der Waals surface area contributed by atoms with Crippen molar-refractivity contribution in [3.05, 3.63) is 42.5 Å². The number of benzene rings is 2. The van der Waals surface area contributed by atoms with E-state index in [0.29, 0.717) is 10.8 Å². The van der Waals surface area contributed by atoms with Crippen molar-refractivity contribution in [3.63, 3.8) is 0 Å². The third-order valence-electron chi connectivity index (χ3n) is 4.46. The van der Waals surface area contributed by atoms with Crippen molar-refractivity contribution in [1.29, 1.82) is 0 Å². The van der Waals surface area contributed by atoms with Crippen LogP contribution >= 0.6 is 0 Å². The zero-order chi connectivity index (χ0) is 15.6. The first kappa shape index (κ1) is 15.5. The van der Waals surface area contributed by atoms with E-state index in [9.17, 15) is 8.42 Å². The van der Waals surface area contributed by atoms with Crippen molar-refractivity contribution in [2.45, 2.75) is 36.6 Å². The first-order chi connectivity index (χ1) is 10.6. The molecule has 2 aromatic rings. The molecule has 0 atom stereocenters. The number of hydrogen-bond donors (Lipinski definition) is 2. The SMILES string of the molecule is O=S(=O)(NC1CCC(CO)CC1)c1ccc2ccccc2c1. The summed E-state index contributed by atoms with van der Waals surface area (Å²) in [7, 11) is -3.49. The molecule has 1 aliphatic rings. The Kier molecular flexibility index (Phi) is 4.47. The molecule has 0 bridgehead atoms. The Morgan fingerprint density at radius 2 is 1.68 bits per heavy atom. The van der Waals surface area contributed by atoms with Gasteiger partial charge in [-0.1, -0.05) is 30.3 Å². The van der Waals surface area contributed by atoms with E-state index >= 15 is 0 Å². The summed E-state index contributed by atoms with van der Waals surface area (Å²) in [6, 6.07) is 12.9. The maximum atomic E-state index is 12.5. The van der Waals surface area contributed by atoms with Crippen molar-refractivity contribution in [3.8, 4) is 0 Å². The van der Waals surface area contributed by atoms with Gasteiger partial charge in [-0.3, -0.25) is 0 Å². The number of aliphatic hydroxyl groups excluding tert-OH is 1. The lowest BCUT2D eigenvalue weighted by Crippen LogP contribution is -2.38. The fourth-order valence-electron chi connectivity index (χ4n) is 3.08. The van der Waals surface area contributed by atoms with Crippen molar-refractivity contribution >= 4 is 20.8 Å². The lowest BCUT2D eigenvalue weighted by Gasteiger charge is -2.27. The second kappa shape index (κ2) is 6.36. The van der Waals surface area contributed by atoms with Gasteiger partial charge in [-0.25, -0.2) is 13.1 Å². The minimum atomic E-state index is -3.49. The lowest BCUT2D eigenvalue weighted by atomic mass is 9.87. The second-order valence-corrected chi connectivity index (χ2v) is 7.74. The van der Waals surface area contributed by atoms with E-state index in [1.165, 1.54) is 0 Å². The molecular formula is C17H21NO3S. The topological polar surface area (TPSA) is 66.4 Å². The Labute approximate surface area is 131 Å². The van der Waals surface area contributed by atoms with Gasteiger partial charge in [-0.2, -0.15) is 0 Å². The number of sulfonamides is 1. The second-order valence-electron chi connectivity index (χ2n) is 6.03. The number of nitrogens with one attached hydrogen (secondary N) is 1. The van der Waals surface area contributed by atoms with E-state index in [4.69, 9.17) is 5.11 Å². The van der Waals surface area contributed by atoms with Crippen molar-refractivity contribution in [2.24, 2.45) is 5.92 Å². The highest BCUT2D eigenvalue weighted by atomic mass is 32.2. The molecule has 1 saturated carbocycles. The van der Waals surface area contributed by atoms with Crippen LogP contribution in [0.5, 0.6) is 0 Å². The van der Waals surface area contributed by atoms with E-state index < -0.39 is 10.0 Å². The molecule has 2 N–H and O–H groups in total. The third kappa shape index (κ3) is 3.32. The first-order valence-corrected chi connectivity index (χ1v) is 9.19. The molecule has 0 radical (unpaired) electrons. The van der Waals surface area contributed by atoms with Gasteiger partial charge in [0.2, 0.25) is 10.0 Å². The molecule has 0 aliphatic heterocycles. The standard InChI is InChI=1S/C17H21NO3S/c19-12-13-5-8-16(9-6-13)18-22(20,21)17-10-7-14-3-1-2-4-15(14)11-17/h1-4,7,10-11,13,16,18-19H,5-6,8-9,12H2. The molecule has 0 aromatic heterocycles. The van der Waals surface area contributed by atoms with Gasteiger partial charge in [0.25, 0.3) is 0 Å². The Bertz CT molecular complexity index is 749. The fourth-order valence-corrected chi connectivity index (χ4v) is 4.42. The average molecular weight is 319 g/mol. The maximum absolute atomic E-state index is 12.5. The molecule has 1 fully saturated rings. The molecule has 118 valence electrons. The average Bonchev–Trinajstić information content (AvgIpc) is 2.55. The molecular weight excluding hydrogens is 298 g/mol. The number of hydrogen-bond acceptors (Lipinski definition) is 3. The first-order valence-electron chi connectivity index (χ1n) is 7.70. The molecule has 0 unspecified atom stereocenters. The van der Waals surface area contributed by atoms with Crippen LogP contribution in [0.15, 0.2) is 47.4 Å². The molecule has 0 spiro atoms. The molecule has 4 nitrogen and oxygen atoms in total. The minimum absolute atomic E-state index is 0.0285. The summed E-state index contributed by atoms with van der Waals surface area (Å²) < 4.78 is 27.9. The van der Waals surface area contributed by atoms with Crippen LogP contribution in [0.3, 0.4) is 0 Å². The summed E-state index contributed by atoms with van der Waals surface area (Å²) in [6.07, 6.45) is 3.33. The zero-order valence-electron chi connectivity index (χ0n) is 12.4. The number of fused-ring (bicyclic) bond motifs is 1. The van der Waals surface area contributed by atoms with Crippen molar-refractivity contribution in [1.82, 2.24) is 4.72 Å². The normalized spacial score (nSPS) is 22.8. The van der Waals surface area contributed by atoms with Gasteiger partial charge >= 0.3 is 0 Å². The fraction of sp³-hybridized carbons (Fsp3) is 0.412. The smallest absolute Gasteiger partial charge is 0.240 e. The third-order valence-corrected chi connectivity index (χ3v) is 5.98. The van der Waals surface area contributed by atoms with E-state index in [0.717, 1.165) is 36.5 Å². The monoisotopic (exact) mass is 319 g/mol. The summed E-state index contributed by atoms with van der Waals surface area (Å²) >= 11 is 0. The minimum Gasteiger partial charge on any atom is -0.396 e. The van der Waals surface area contributed by atoms with E-state index in [1.54, 1.807) is 12.1 Å². The highest BCUT2D eigenvalue weighted by molar-refractivity contribution is 7.89. The lowest BCUT2D eigenvalue weighted by molar-refractivity contribution is 0.180. The Morgan fingerprint density at radius 3 is 2.36 bits per heavy atom. The van der Waals surface area contributed by atoms with Crippen LogP contribution in [0, 0.1) is 5.92 Å². The molecule has 2 aromatic carbocycles. The highest BCUT2D eigenvalue weighted by Crippen LogP contribution is 2.25. The van der Waals surface area contributed by atoms with Crippen LogP contribution in [0.4, 0.5) is 0 Å². The summed E-state index contributed by atoms with van der Waals surface area (Å²) in [5, 5.41) is 11.1. The van der Waals surface area contributed by atoms with Crippen molar-refractivity contribution in [2.75, 3.05) is 6.61 Å². The molecule has 0 heterocycles. The Balaban J connectivity index is 1.77. The summed E-state index contributed by atoms with van der Waals surface area (Å²) in [6.45, 7) is 0.199. The van der Waals surface area contributed by atoms with Crippen LogP contribution < -0.4 is 4.72 Å². The van der Waals surface area contributed by atoms with E-state index in [2.05, 4.69) is 4.72 Å². The van der Waals surface area contributed by atoms with Gasteiger partial charge in [0.15, 0.2) is 0 Å². The van der Waals surface area contributed by atoms with Crippen LogP contribution in [-0.4, -0.2) is 26.2 Å². The Morgan fingerprint density at radius 1 is 1.00 bits per heavy atom. The van der Waals surface area contributed by atoms with Gasteiger partial charge in [-0.15, -0.1) is 0 Å². The molecule has 0 saturated heterocycles. The molecule has 22 heavy (non-hydrogen) atoms. The molecule has 5 heteroatoms. The van der Waals surface area contributed by atoms with Gasteiger partial charge in [-0.05, 0) is 54.5 Å². The molecule has 3 rings (SSSR count). The quantitative estimate of drug-likeness (QED) is 0.910. The predicted octanol–water partition coefficient (Wildman–Crippen LogP) is 2.67. The Hall–Kier alpha value is -1.43. The maximum Gasteiger partial charge on any atom is 0.240 e. The number of aliphatic hydroxyl groups is 1. The molecule has 1 aliphatic carbocycles. The van der Waals surface area contributed by atoms with Gasteiger partial charge in [0, 0.05) is 12.6 Å². The van der Waals surface area contributed by atoms with E-state index in [-0.39, 0.29) is 12.6 Å². The van der Waals surface area contributed by atoms with Crippen LogP contribution in [0.25, 0.3) is 10.8 Å². The van der Waals surface area contributed by atoms with Crippen LogP contribution in [0.2, 0.25) is 0 Å². The summed E-state index contributed by atoms with van der Waals surface area (Å²) in [5.74, 6) is 0.321. The van der Waals surface area contributed by atoms with Gasteiger partial charge in [0.1, 0.15) is 0 Å². The predicted molar refractivity (Wildman–Crippen MR) is 87.1 cm³/mol. The van der Waals surface area contributed by atoms with Crippen molar-refractivity contribution < 1.29 is 13.5 Å². The molecule has 0 amide bonds. The highest BCUT2D eigenvalue weighted by Gasteiger charge is 2.25. The summed E-state index contributed by atoms with van der Waals surface area (Å²) in [4.78, 5) is 0.315. The van der Waals surface area contributed by atoms with Crippen LogP contribution in [0.1, 0.15) is 25.7 Å². The summed E-state index contributed by atoms with van der Waals surface area (Å²) in [5.41, 5.74) is 0. The largest absolute Gasteiger partial charge is 0.396 e. The van der Waals surface area contributed by atoms with Gasteiger partial charge in [0.05, 0.1) is 4.90 Å². The van der Waals surface area contributed by atoms with E-state index in [1.807, 2.05) is 30.3 Å². The van der Waals surface area contributed by atoms with Gasteiger partial charge < -0.3 is 5.11 Å². The zero-order valence-corrected chi connectivity index (χ0v) is 13.2. The van der Waals surface area contributed by atoms with Crippen LogP contribution in [-0.2, 0) is 10.0 Å². The number of rotatable bonds is 4.